The molecule has 0 saturated heterocycles. The zero-order valence-corrected chi connectivity index (χ0v) is 7.49. The van der Waals surface area contributed by atoms with Gasteiger partial charge in [-0.1, -0.05) is 24.3 Å². The second-order valence-electron chi connectivity index (χ2n) is 3.06. The van der Waals surface area contributed by atoms with E-state index in [4.69, 9.17) is 10.5 Å². The molecule has 1 aromatic carbocycles. The van der Waals surface area contributed by atoms with Gasteiger partial charge in [-0.3, -0.25) is 0 Å². The van der Waals surface area contributed by atoms with Gasteiger partial charge in [-0.15, -0.1) is 0 Å². The van der Waals surface area contributed by atoms with Crippen molar-refractivity contribution in [2.24, 2.45) is 5.73 Å². The number of rotatable bonds is 1. The van der Waals surface area contributed by atoms with E-state index in [-0.39, 0.29) is 0 Å². The standard InChI is InChI=1S/C11H13NO/c12-7-5-9-6-8-13-11-4-2-1-3-10(9)11/h1-5H,6-8,12H2. The van der Waals surface area contributed by atoms with Gasteiger partial charge in [0.1, 0.15) is 5.75 Å². The maximum atomic E-state index is 5.52. The Labute approximate surface area is 78.0 Å². The first-order valence-corrected chi connectivity index (χ1v) is 4.53. The monoisotopic (exact) mass is 175 g/mol. The Bertz CT molecular complexity index is 331. The lowest BCUT2D eigenvalue weighted by molar-refractivity contribution is 0.316. The lowest BCUT2D eigenvalue weighted by Gasteiger charge is -2.19. The molecule has 2 N–H and O–H groups in total. The van der Waals surface area contributed by atoms with E-state index >= 15 is 0 Å². The van der Waals surface area contributed by atoms with Gasteiger partial charge in [0.15, 0.2) is 0 Å². The topological polar surface area (TPSA) is 35.2 Å². The molecule has 2 nitrogen and oxygen atoms in total. The first-order valence-electron chi connectivity index (χ1n) is 4.53. The molecule has 0 atom stereocenters. The molecule has 1 aromatic rings. The Morgan fingerprint density at radius 1 is 1.38 bits per heavy atom. The zero-order valence-electron chi connectivity index (χ0n) is 7.49. The third kappa shape index (κ3) is 1.58. The van der Waals surface area contributed by atoms with Gasteiger partial charge >= 0.3 is 0 Å². The predicted octanol–water partition coefficient (Wildman–Crippen LogP) is 1.81. The van der Waals surface area contributed by atoms with Crippen LogP contribution in [0.3, 0.4) is 0 Å². The molecule has 2 heteroatoms. The van der Waals surface area contributed by atoms with E-state index in [1.54, 1.807) is 0 Å². The zero-order chi connectivity index (χ0) is 9.10. The van der Waals surface area contributed by atoms with Crippen molar-refractivity contribution in [3.8, 4) is 5.75 Å². The van der Waals surface area contributed by atoms with Crippen LogP contribution in [0.15, 0.2) is 30.3 Å². The van der Waals surface area contributed by atoms with Crippen LogP contribution in [0.2, 0.25) is 0 Å². The van der Waals surface area contributed by atoms with Crippen molar-refractivity contribution < 1.29 is 4.74 Å². The molecular formula is C11H13NO. The highest BCUT2D eigenvalue weighted by molar-refractivity contribution is 5.71. The molecule has 0 bridgehead atoms. The molecule has 13 heavy (non-hydrogen) atoms. The minimum absolute atomic E-state index is 0.601. The van der Waals surface area contributed by atoms with Gasteiger partial charge < -0.3 is 10.5 Å². The summed E-state index contributed by atoms with van der Waals surface area (Å²) >= 11 is 0. The maximum Gasteiger partial charge on any atom is 0.126 e. The van der Waals surface area contributed by atoms with Crippen molar-refractivity contribution in [3.63, 3.8) is 0 Å². The fourth-order valence-electron chi connectivity index (χ4n) is 1.62. The molecule has 0 saturated carbocycles. The molecule has 68 valence electrons. The van der Waals surface area contributed by atoms with Crippen molar-refractivity contribution in [3.05, 3.63) is 35.9 Å². The molecular weight excluding hydrogens is 162 g/mol. The van der Waals surface area contributed by atoms with Gasteiger partial charge in [-0.2, -0.15) is 0 Å². The van der Waals surface area contributed by atoms with E-state index in [0.717, 1.165) is 18.8 Å². The van der Waals surface area contributed by atoms with Crippen LogP contribution in [-0.2, 0) is 0 Å². The van der Waals surface area contributed by atoms with Crippen molar-refractivity contribution in [1.82, 2.24) is 0 Å². The van der Waals surface area contributed by atoms with Crippen molar-refractivity contribution >= 4 is 5.57 Å². The summed E-state index contributed by atoms with van der Waals surface area (Å²) in [6, 6.07) is 8.09. The van der Waals surface area contributed by atoms with Gasteiger partial charge in [-0.25, -0.2) is 0 Å². The third-order valence-corrected chi connectivity index (χ3v) is 2.23. The molecule has 0 fully saturated rings. The summed E-state index contributed by atoms with van der Waals surface area (Å²) in [5, 5.41) is 0. The van der Waals surface area contributed by atoms with Crippen molar-refractivity contribution in [2.45, 2.75) is 6.42 Å². The van der Waals surface area contributed by atoms with Gasteiger partial charge in [0.05, 0.1) is 6.61 Å². The highest BCUT2D eigenvalue weighted by atomic mass is 16.5. The van der Waals surface area contributed by atoms with E-state index < -0.39 is 0 Å². The van der Waals surface area contributed by atoms with Crippen LogP contribution in [0, 0.1) is 0 Å². The van der Waals surface area contributed by atoms with Crippen LogP contribution in [0.4, 0.5) is 0 Å². The minimum Gasteiger partial charge on any atom is -0.493 e. The number of hydrogen-bond donors (Lipinski definition) is 1. The number of fused-ring (bicyclic) bond motifs is 1. The van der Waals surface area contributed by atoms with Gasteiger partial charge in [0.25, 0.3) is 0 Å². The number of hydrogen-bond acceptors (Lipinski definition) is 2. The molecule has 1 heterocycles. The Morgan fingerprint density at radius 3 is 3.08 bits per heavy atom. The van der Waals surface area contributed by atoms with E-state index in [1.165, 1.54) is 11.1 Å². The Hall–Kier alpha value is -1.28. The molecule has 1 aliphatic heterocycles. The highest BCUT2D eigenvalue weighted by Crippen LogP contribution is 2.31. The fraction of sp³-hybridized carbons (Fsp3) is 0.273. The van der Waals surface area contributed by atoms with Gasteiger partial charge in [-0.05, 0) is 11.6 Å². The molecule has 0 aliphatic carbocycles. The molecule has 0 amide bonds. The number of para-hydroxylation sites is 1. The van der Waals surface area contributed by atoms with E-state index in [2.05, 4.69) is 12.1 Å². The summed E-state index contributed by atoms with van der Waals surface area (Å²) < 4.78 is 5.52. The van der Waals surface area contributed by atoms with Crippen molar-refractivity contribution in [2.75, 3.05) is 13.2 Å². The first kappa shape index (κ1) is 8.32. The second kappa shape index (κ2) is 3.62. The van der Waals surface area contributed by atoms with Crippen LogP contribution in [0.1, 0.15) is 12.0 Å². The Balaban J connectivity index is 2.42. The van der Waals surface area contributed by atoms with E-state index in [0.29, 0.717) is 6.54 Å². The lowest BCUT2D eigenvalue weighted by atomic mass is 10.00. The van der Waals surface area contributed by atoms with Crippen LogP contribution in [0.5, 0.6) is 5.75 Å². The second-order valence-corrected chi connectivity index (χ2v) is 3.06. The third-order valence-electron chi connectivity index (χ3n) is 2.23. The van der Waals surface area contributed by atoms with Crippen LogP contribution < -0.4 is 10.5 Å². The van der Waals surface area contributed by atoms with Crippen LogP contribution in [-0.4, -0.2) is 13.2 Å². The normalized spacial score (nSPS) is 18.1. The summed E-state index contributed by atoms with van der Waals surface area (Å²) in [6.45, 7) is 1.37. The average Bonchev–Trinajstić information content (AvgIpc) is 2.19. The molecule has 0 aromatic heterocycles. The van der Waals surface area contributed by atoms with Crippen molar-refractivity contribution in [1.29, 1.82) is 0 Å². The average molecular weight is 175 g/mol. The Morgan fingerprint density at radius 2 is 2.23 bits per heavy atom. The summed E-state index contributed by atoms with van der Waals surface area (Å²) in [5.74, 6) is 0.980. The summed E-state index contributed by atoms with van der Waals surface area (Å²) in [6.07, 6.45) is 3.04. The highest BCUT2D eigenvalue weighted by Gasteiger charge is 2.12. The van der Waals surface area contributed by atoms with Crippen LogP contribution >= 0.6 is 0 Å². The molecule has 0 spiro atoms. The molecule has 0 unspecified atom stereocenters. The summed E-state index contributed by atoms with van der Waals surface area (Å²) in [5.41, 5.74) is 8.00. The first-order chi connectivity index (χ1) is 6.42. The predicted molar refractivity (Wildman–Crippen MR) is 53.6 cm³/mol. The minimum atomic E-state index is 0.601. The fourth-order valence-corrected chi connectivity index (χ4v) is 1.62. The molecule has 0 radical (unpaired) electrons. The van der Waals surface area contributed by atoms with E-state index in [1.807, 2.05) is 18.2 Å². The SMILES string of the molecule is NCC=C1CCOc2ccccc21. The van der Waals surface area contributed by atoms with E-state index in [9.17, 15) is 0 Å². The Kier molecular flexibility index (Phi) is 2.32. The van der Waals surface area contributed by atoms with Gasteiger partial charge in [0, 0.05) is 18.5 Å². The number of benzene rings is 1. The quantitative estimate of drug-likeness (QED) is 0.706. The summed E-state index contributed by atoms with van der Waals surface area (Å²) in [4.78, 5) is 0. The summed E-state index contributed by atoms with van der Waals surface area (Å²) in [7, 11) is 0. The number of ether oxygens (including phenoxy) is 1. The molecule has 1 aliphatic rings. The molecule has 2 rings (SSSR count). The van der Waals surface area contributed by atoms with Crippen LogP contribution in [0.25, 0.3) is 5.57 Å². The lowest BCUT2D eigenvalue weighted by Crippen LogP contribution is -2.08. The smallest absolute Gasteiger partial charge is 0.126 e. The van der Waals surface area contributed by atoms with Gasteiger partial charge in [0.2, 0.25) is 0 Å². The maximum absolute atomic E-state index is 5.52. The largest absolute Gasteiger partial charge is 0.493 e. The number of nitrogens with two attached hydrogens (primary N) is 1.